The molecule has 0 fully saturated rings. The molecule has 0 saturated carbocycles. The molecule has 0 bridgehead atoms. The van der Waals surface area contributed by atoms with E-state index in [0.29, 0.717) is 10.2 Å². The Bertz CT molecular complexity index is 1260. The van der Waals surface area contributed by atoms with Crippen molar-refractivity contribution in [3.05, 3.63) is 77.0 Å². The van der Waals surface area contributed by atoms with E-state index in [4.69, 9.17) is 4.74 Å². The molecule has 0 radical (unpaired) electrons. The first kappa shape index (κ1) is 22.1. The summed E-state index contributed by atoms with van der Waals surface area (Å²) in [5.41, 5.74) is 0.383. The summed E-state index contributed by atoms with van der Waals surface area (Å²) in [6.07, 6.45) is 0. The first-order valence-corrected chi connectivity index (χ1v) is 12.1. The van der Waals surface area contributed by atoms with Crippen LogP contribution in [0.15, 0.2) is 81.0 Å². The van der Waals surface area contributed by atoms with Crippen LogP contribution in [-0.4, -0.2) is 23.9 Å². The molecule has 0 amide bonds. The molecule has 7 nitrogen and oxygen atoms in total. The van der Waals surface area contributed by atoms with Crippen LogP contribution in [-0.2, 0) is 20.0 Å². The number of anilines is 2. The molecular formula is C19H16BrFN2O5S2. The predicted molar refractivity (Wildman–Crippen MR) is 115 cm³/mol. The molecule has 11 heteroatoms. The van der Waals surface area contributed by atoms with Gasteiger partial charge in [-0.1, -0.05) is 0 Å². The normalized spacial score (nSPS) is 11.7. The van der Waals surface area contributed by atoms with Gasteiger partial charge in [0.05, 0.1) is 21.4 Å². The summed E-state index contributed by atoms with van der Waals surface area (Å²) in [7, 11) is -6.35. The van der Waals surface area contributed by atoms with Gasteiger partial charge in [0.1, 0.15) is 11.6 Å². The zero-order valence-corrected chi connectivity index (χ0v) is 18.7. The highest BCUT2D eigenvalue weighted by Gasteiger charge is 2.18. The fourth-order valence-corrected chi connectivity index (χ4v) is 5.30. The highest BCUT2D eigenvalue weighted by Crippen LogP contribution is 2.28. The molecule has 0 atom stereocenters. The van der Waals surface area contributed by atoms with Gasteiger partial charge in [-0.25, -0.2) is 21.2 Å². The number of halogens is 2. The van der Waals surface area contributed by atoms with Crippen molar-refractivity contribution in [2.24, 2.45) is 0 Å². The quantitative estimate of drug-likeness (QED) is 0.491. The highest BCUT2D eigenvalue weighted by molar-refractivity contribution is 9.10. The minimum absolute atomic E-state index is 0.00449. The van der Waals surface area contributed by atoms with E-state index in [-0.39, 0.29) is 21.2 Å². The fourth-order valence-electron chi connectivity index (χ4n) is 2.46. The molecule has 30 heavy (non-hydrogen) atoms. The van der Waals surface area contributed by atoms with Crippen molar-refractivity contribution in [2.45, 2.75) is 9.79 Å². The number of hydrogen-bond donors (Lipinski definition) is 2. The topological polar surface area (TPSA) is 102 Å². The van der Waals surface area contributed by atoms with Crippen LogP contribution in [0.2, 0.25) is 0 Å². The molecule has 0 aliphatic carbocycles. The molecule has 3 aromatic carbocycles. The van der Waals surface area contributed by atoms with Crippen LogP contribution >= 0.6 is 15.9 Å². The largest absolute Gasteiger partial charge is 0.496 e. The Balaban J connectivity index is 1.78. The molecule has 158 valence electrons. The van der Waals surface area contributed by atoms with E-state index in [1.165, 1.54) is 61.7 Å². The maximum absolute atomic E-state index is 13.0. The number of sulfonamides is 2. The van der Waals surface area contributed by atoms with Crippen LogP contribution in [0.25, 0.3) is 0 Å². The van der Waals surface area contributed by atoms with E-state index in [9.17, 15) is 21.2 Å². The van der Waals surface area contributed by atoms with Crippen LogP contribution < -0.4 is 14.2 Å². The molecule has 0 aliphatic rings. The Labute approximate surface area is 182 Å². The summed E-state index contributed by atoms with van der Waals surface area (Å²) < 4.78 is 73.3. The second-order valence-corrected chi connectivity index (χ2v) is 10.3. The van der Waals surface area contributed by atoms with Gasteiger partial charge in [-0.05, 0) is 82.7 Å². The second kappa shape index (κ2) is 8.62. The van der Waals surface area contributed by atoms with Crippen molar-refractivity contribution in [1.29, 1.82) is 0 Å². The third-order valence-corrected chi connectivity index (χ3v) is 7.34. The molecule has 3 rings (SSSR count). The molecule has 0 heterocycles. The van der Waals surface area contributed by atoms with Gasteiger partial charge in [-0.15, -0.1) is 0 Å². The summed E-state index contributed by atoms with van der Waals surface area (Å²) >= 11 is 3.24. The molecule has 0 spiro atoms. The number of rotatable bonds is 7. The van der Waals surface area contributed by atoms with E-state index in [1.54, 1.807) is 0 Å². The standard InChI is InChI=1S/C19H16BrFN2O5S2/c1-28-19-11-10-17(12-18(19)20)30(26,27)23-15-6-8-16(9-7-15)29(24,25)22-14-4-2-13(21)3-5-14/h2-12,22-23H,1H3. The van der Waals surface area contributed by atoms with Crippen molar-refractivity contribution >= 4 is 47.4 Å². The minimum atomic E-state index is -3.92. The van der Waals surface area contributed by atoms with Crippen molar-refractivity contribution < 1.29 is 26.0 Å². The summed E-state index contributed by atoms with van der Waals surface area (Å²) in [5, 5.41) is 0. The van der Waals surface area contributed by atoms with E-state index < -0.39 is 25.9 Å². The van der Waals surface area contributed by atoms with E-state index in [1.807, 2.05) is 0 Å². The summed E-state index contributed by atoms with van der Waals surface area (Å²) in [6, 6.07) is 14.3. The number of methoxy groups -OCH3 is 1. The molecular weight excluding hydrogens is 499 g/mol. The van der Waals surface area contributed by atoms with Gasteiger partial charge in [-0.2, -0.15) is 0 Å². The van der Waals surface area contributed by atoms with Gasteiger partial charge in [0, 0.05) is 11.4 Å². The molecule has 0 unspecified atom stereocenters. The van der Waals surface area contributed by atoms with Crippen molar-refractivity contribution in [1.82, 2.24) is 0 Å². The van der Waals surface area contributed by atoms with Crippen LogP contribution in [0.1, 0.15) is 0 Å². The first-order chi connectivity index (χ1) is 14.1. The van der Waals surface area contributed by atoms with E-state index in [2.05, 4.69) is 25.4 Å². The minimum Gasteiger partial charge on any atom is -0.496 e. The molecule has 3 aromatic rings. The third-order valence-electron chi connectivity index (χ3n) is 3.95. The lowest BCUT2D eigenvalue weighted by Gasteiger charge is -2.11. The lowest BCUT2D eigenvalue weighted by atomic mass is 10.3. The van der Waals surface area contributed by atoms with Crippen molar-refractivity contribution in [2.75, 3.05) is 16.6 Å². The maximum Gasteiger partial charge on any atom is 0.261 e. The third kappa shape index (κ3) is 5.10. The molecule has 0 aromatic heterocycles. The highest BCUT2D eigenvalue weighted by atomic mass is 79.9. The van der Waals surface area contributed by atoms with Crippen LogP contribution in [0.4, 0.5) is 15.8 Å². The zero-order chi connectivity index (χ0) is 21.9. The average Bonchev–Trinajstić information content (AvgIpc) is 2.69. The first-order valence-electron chi connectivity index (χ1n) is 8.35. The number of benzene rings is 3. The van der Waals surface area contributed by atoms with Gasteiger partial charge in [0.2, 0.25) is 0 Å². The Hall–Kier alpha value is -2.63. The lowest BCUT2D eigenvalue weighted by Crippen LogP contribution is -2.14. The van der Waals surface area contributed by atoms with E-state index >= 15 is 0 Å². The van der Waals surface area contributed by atoms with Gasteiger partial charge < -0.3 is 4.74 Å². The maximum atomic E-state index is 13.0. The Kier molecular flexibility index (Phi) is 6.34. The monoisotopic (exact) mass is 514 g/mol. The number of ether oxygens (including phenoxy) is 1. The van der Waals surface area contributed by atoms with Gasteiger partial charge >= 0.3 is 0 Å². The van der Waals surface area contributed by atoms with Crippen molar-refractivity contribution in [3.63, 3.8) is 0 Å². The smallest absolute Gasteiger partial charge is 0.261 e. The Morgan fingerprint density at radius 3 is 1.73 bits per heavy atom. The SMILES string of the molecule is COc1ccc(S(=O)(=O)Nc2ccc(S(=O)(=O)Nc3ccc(F)cc3)cc2)cc1Br. The zero-order valence-electron chi connectivity index (χ0n) is 15.5. The van der Waals surface area contributed by atoms with Crippen molar-refractivity contribution in [3.8, 4) is 5.75 Å². The van der Waals surface area contributed by atoms with Gasteiger partial charge in [0.25, 0.3) is 20.0 Å². The average molecular weight is 515 g/mol. The van der Waals surface area contributed by atoms with Crippen LogP contribution in [0.3, 0.4) is 0 Å². The van der Waals surface area contributed by atoms with E-state index in [0.717, 1.165) is 12.1 Å². The predicted octanol–water partition coefficient (Wildman–Crippen LogP) is 4.20. The van der Waals surface area contributed by atoms with Gasteiger partial charge in [-0.3, -0.25) is 9.44 Å². The summed E-state index contributed by atoms with van der Waals surface area (Å²) in [4.78, 5) is -0.0770. The fraction of sp³-hybridized carbons (Fsp3) is 0.0526. The van der Waals surface area contributed by atoms with Crippen LogP contribution in [0.5, 0.6) is 5.75 Å². The molecule has 0 saturated heterocycles. The molecule has 2 N–H and O–H groups in total. The number of nitrogens with one attached hydrogen (secondary N) is 2. The van der Waals surface area contributed by atoms with Crippen LogP contribution in [0, 0.1) is 5.82 Å². The lowest BCUT2D eigenvalue weighted by molar-refractivity contribution is 0.411. The number of hydrogen-bond acceptors (Lipinski definition) is 5. The Morgan fingerprint density at radius 1 is 0.767 bits per heavy atom. The summed E-state index contributed by atoms with van der Waals surface area (Å²) in [6.45, 7) is 0. The second-order valence-electron chi connectivity index (χ2n) is 6.04. The van der Waals surface area contributed by atoms with Gasteiger partial charge in [0.15, 0.2) is 0 Å². The summed E-state index contributed by atoms with van der Waals surface area (Å²) in [5.74, 6) is -0.00404. The molecule has 0 aliphatic heterocycles. The Morgan fingerprint density at radius 2 is 1.23 bits per heavy atom.